The lowest BCUT2D eigenvalue weighted by Gasteiger charge is -2.32. The molecule has 1 aliphatic rings. The van der Waals surface area contributed by atoms with Gasteiger partial charge in [0.15, 0.2) is 0 Å². The van der Waals surface area contributed by atoms with Crippen molar-refractivity contribution in [2.75, 3.05) is 0 Å². The Morgan fingerprint density at radius 1 is 1.08 bits per heavy atom. The first kappa shape index (κ1) is 19.6. The van der Waals surface area contributed by atoms with Crippen molar-refractivity contribution in [1.82, 2.24) is 4.57 Å². The van der Waals surface area contributed by atoms with Crippen LogP contribution in [0, 0.1) is 17.4 Å². The van der Waals surface area contributed by atoms with Crippen LogP contribution < -0.4 is 0 Å². The highest BCUT2D eigenvalue weighted by molar-refractivity contribution is 14.1. The van der Waals surface area contributed by atoms with E-state index < -0.39 is 24.0 Å². The molecule has 138 valence electrons. The molecule has 1 saturated heterocycles. The van der Waals surface area contributed by atoms with Crippen molar-refractivity contribution in [2.45, 2.75) is 52.7 Å². The van der Waals surface area contributed by atoms with Crippen LogP contribution in [-0.2, 0) is 9.31 Å². The van der Waals surface area contributed by atoms with Crippen LogP contribution in [0.2, 0.25) is 0 Å². The number of hydrogen-bond acceptors (Lipinski definition) is 2. The van der Waals surface area contributed by atoms with Crippen molar-refractivity contribution < 1.29 is 13.7 Å². The lowest BCUT2D eigenvalue weighted by Crippen LogP contribution is -2.41. The van der Waals surface area contributed by atoms with Gasteiger partial charge in [0.05, 0.1) is 11.2 Å². The standard InChI is InChI=1S/C20H24BFINO2/c1-13-11-15(14(2)24(13)17-9-7-16(23)8-10-17)12-18(22)21-25-19(3,4)20(5,6)26-21/h7-12H,1-6H3. The Hall–Kier alpha value is -1.12. The lowest BCUT2D eigenvalue weighted by molar-refractivity contribution is 0.00578. The Kier molecular flexibility index (Phi) is 5.14. The number of benzene rings is 1. The molecule has 0 N–H and O–H groups in total. The second-order valence-corrected chi connectivity index (χ2v) is 9.00. The third kappa shape index (κ3) is 3.51. The molecule has 2 aromatic rings. The summed E-state index contributed by atoms with van der Waals surface area (Å²) in [7, 11) is -0.971. The van der Waals surface area contributed by atoms with E-state index in [2.05, 4.69) is 51.4 Å². The predicted molar refractivity (Wildman–Crippen MR) is 113 cm³/mol. The molecular formula is C20H24BFINO2. The van der Waals surface area contributed by atoms with Crippen LogP contribution in [0.15, 0.2) is 36.1 Å². The molecule has 3 nitrogen and oxygen atoms in total. The maximum atomic E-state index is 14.9. The fourth-order valence-corrected chi connectivity index (χ4v) is 3.45. The summed E-state index contributed by atoms with van der Waals surface area (Å²) >= 11 is 2.29. The first-order valence-electron chi connectivity index (χ1n) is 8.69. The first-order chi connectivity index (χ1) is 12.0. The van der Waals surface area contributed by atoms with Crippen LogP contribution >= 0.6 is 22.6 Å². The molecule has 0 atom stereocenters. The summed E-state index contributed by atoms with van der Waals surface area (Å²) in [5.74, 6) is 0. The normalized spacial score (nSPS) is 19.2. The summed E-state index contributed by atoms with van der Waals surface area (Å²) in [6.45, 7) is 11.7. The predicted octanol–water partition coefficient (Wildman–Crippen LogP) is 5.64. The lowest BCUT2D eigenvalue weighted by atomic mass is 9.87. The third-order valence-electron chi connectivity index (χ3n) is 5.33. The van der Waals surface area contributed by atoms with Gasteiger partial charge in [-0.3, -0.25) is 0 Å². The van der Waals surface area contributed by atoms with Crippen molar-refractivity contribution in [1.29, 1.82) is 0 Å². The highest BCUT2D eigenvalue weighted by Gasteiger charge is 2.53. The molecule has 3 rings (SSSR count). The van der Waals surface area contributed by atoms with Gasteiger partial charge < -0.3 is 13.9 Å². The molecule has 0 saturated carbocycles. The van der Waals surface area contributed by atoms with E-state index in [1.165, 1.54) is 9.65 Å². The van der Waals surface area contributed by atoms with E-state index in [1.54, 1.807) is 0 Å². The summed E-state index contributed by atoms with van der Waals surface area (Å²) in [4.78, 5) is 0. The average Bonchev–Trinajstić information content (AvgIpc) is 2.93. The molecule has 0 bridgehead atoms. The molecule has 6 heteroatoms. The maximum absolute atomic E-state index is 14.9. The zero-order chi connectivity index (χ0) is 19.3. The fourth-order valence-electron chi connectivity index (χ4n) is 3.09. The SMILES string of the molecule is Cc1cc(C=C(F)B2OC(C)(C)C(C)(C)O2)c(C)n1-c1ccc(I)cc1. The van der Waals surface area contributed by atoms with Gasteiger partial charge in [0, 0.05) is 20.6 Å². The van der Waals surface area contributed by atoms with Crippen molar-refractivity contribution in [3.05, 3.63) is 56.6 Å². The minimum Gasteiger partial charge on any atom is -0.398 e. The number of hydrogen-bond donors (Lipinski definition) is 0. The van der Waals surface area contributed by atoms with E-state index >= 15 is 0 Å². The van der Waals surface area contributed by atoms with Crippen LogP contribution in [-0.4, -0.2) is 22.9 Å². The van der Waals surface area contributed by atoms with Crippen molar-refractivity contribution in [3.63, 3.8) is 0 Å². The van der Waals surface area contributed by atoms with Gasteiger partial charge in [-0.15, -0.1) is 0 Å². The summed E-state index contributed by atoms with van der Waals surface area (Å²) in [5, 5.41) is 0. The molecular weight excluding hydrogens is 443 g/mol. The first-order valence-corrected chi connectivity index (χ1v) is 9.77. The Morgan fingerprint density at radius 2 is 1.62 bits per heavy atom. The van der Waals surface area contributed by atoms with E-state index in [1.807, 2.05) is 47.6 Å². The minimum absolute atomic E-state index is 0.411. The van der Waals surface area contributed by atoms with Crippen molar-refractivity contribution >= 4 is 35.8 Å². The van der Waals surface area contributed by atoms with E-state index in [9.17, 15) is 4.39 Å². The molecule has 1 aliphatic heterocycles. The van der Waals surface area contributed by atoms with Gasteiger partial charge in [0.2, 0.25) is 0 Å². The zero-order valence-corrected chi connectivity index (χ0v) is 18.2. The third-order valence-corrected chi connectivity index (χ3v) is 6.05. The summed E-state index contributed by atoms with van der Waals surface area (Å²) in [6.07, 6.45) is 1.52. The molecule has 0 aliphatic carbocycles. The number of halogens is 2. The van der Waals surface area contributed by atoms with Gasteiger partial charge in [-0.25, -0.2) is 4.39 Å². The number of rotatable bonds is 3. The molecule has 26 heavy (non-hydrogen) atoms. The van der Waals surface area contributed by atoms with Gasteiger partial charge in [0.25, 0.3) is 0 Å². The zero-order valence-electron chi connectivity index (χ0n) is 16.1. The largest absolute Gasteiger partial charge is 0.525 e. The number of nitrogens with zero attached hydrogens (tertiary/aromatic N) is 1. The highest BCUT2D eigenvalue weighted by Crippen LogP contribution is 2.39. The van der Waals surface area contributed by atoms with E-state index in [0.717, 1.165) is 22.6 Å². The van der Waals surface area contributed by atoms with E-state index in [4.69, 9.17) is 9.31 Å². The van der Waals surface area contributed by atoms with E-state index in [0.29, 0.717) is 0 Å². The fraction of sp³-hybridized carbons (Fsp3) is 0.400. The smallest absolute Gasteiger partial charge is 0.398 e. The molecule has 1 aromatic heterocycles. The molecule has 0 amide bonds. The average molecular weight is 467 g/mol. The monoisotopic (exact) mass is 467 g/mol. The van der Waals surface area contributed by atoms with Crippen LogP contribution in [0.4, 0.5) is 4.39 Å². The number of aryl methyl sites for hydroxylation is 1. The van der Waals surface area contributed by atoms with Gasteiger partial charge in [-0.2, -0.15) is 0 Å². The topological polar surface area (TPSA) is 23.4 Å². The summed E-state index contributed by atoms with van der Waals surface area (Å²) in [6, 6.07) is 10.3. The van der Waals surface area contributed by atoms with Crippen LogP contribution in [0.25, 0.3) is 11.8 Å². The van der Waals surface area contributed by atoms with Gasteiger partial charge in [-0.1, -0.05) is 0 Å². The minimum atomic E-state index is -0.971. The molecule has 1 aromatic carbocycles. The molecule has 0 unspecified atom stereocenters. The molecule has 1 fully saturated rings. The van der Waals surface area contributed by atoms with Crippen LogP contribution in [0.1, 0.15) is 44.6 Å². The molecule has 0 radical (unpaired) electrons. The maximum Gasteiger partial charge on any atom is 0.525 e. The number of aromatic nitrogens is 1. The summed E-state index contributed by atoms with van der Waals surface area (Å²) < 4.78 is 29.8. The van der Waals surface area contributed by atoms with Gasteiger partial charge >= 0.3 is 7.12 Å². The van der Waals surface area contributed by atoms with Crippen LogP contribution in [0.5, 0.6) is 0 Å². The second kappa shape index (κ2) is 6.80. The van der Waals surface area contributed by atoms with Gasteiger partial charge in [0.1, 0.15) is 5.73 Å². The van der Waals surface area contributed by atoms with Crippen molar-refractivity contribution in [2.24, 2.45) is 0 Å². The Balaban J connectivity index is 1.93. The summed E-state index contributed by atoms with van der Waals surface area (Å²) in [5.41, 5.74) is 2.41. The highest BCUT2D eigenvalue weighted by atomic mass is 127. The molecule has 0 spiro atoms. The Bertz CT molecular complexity index is 839. The quantitative estimate of drug-likeness (QED) is 0.431. The Morgan fingerprint density at radius 3 is 2.15 bits per heavy atom. The van der Waals surface area contributed by atoms with E-state index in [-0.39, 0.29) is 0 Å². The Labute approximate surface area is 168 Å². The van der Waals surface area contributed by atoms with Crippen molar-refractivity contribution in [3.8, 4) is 5.69 Å². The second-order valence-electron chi connectivity index (χ2n) is 7.76. The van der Waals surface area contributed by atoms with Gasteiger partial charge in [-0.05, 0) is 106 Å². The molecule has 2 heterocycles. The van der Waals surface area contributed by atoms with Crippen LogP contribution in [0.3, 0.4) is 0 Å².